The summed E-state index contributed by atoms with van der Waals surface area (Å²) in [5, 5.41) is 10.9. The van der Waals surface area contributed by atoms with Crippen molar-refractivity contribution in [3.63, 3.8) is 0 Å². The average molecular weight is 403 g/mol. The quantitative estimate of drug-likeness (QED) is 0.203. The van der Waals surface area contributed by atoms with Crippen LogP contribution in [0.4, 0.5) is 5.69 Å². The third-order valence-electron chi connectivity index (χ3n) is 4.39. The van der Waals surface area contributed by atoms with Crippen molar-refractivity contribution in [3.05, 3.63) is 88.7 Å². The van der Waals surface area contributed by atoms with Crippen molar-refractivity contribution in [2.45, 2.75) is 6.92 Å². The van der Waals surface area contributed by atoms with Gasteiger partial charge in [-0.1, -0.05) is 6.07 Å². The van der Waals surface area contributed by atoms with Gasteiger partial charge < -0.3 is 9.47 Å². The predicted octanol–water partition coefficient (Wildman–Crippen LogP) is 4.53. The molecule has 0 atom stereocenters. The lowest BCUT2D eigenvalue weighted by molar-refractivity contribution is -0.385. The van der Waals surface area contributed by atoms with Crippen LogP contribution in [0.15, 0.2) is 73.1 Å². The van der Waals surface area contributed by atoms with Crippen LogP contribution in [0.25, 0.3) is 16.9 Å². The standard InChI is InChI=1S/C22H17N3O5/c1-2-29-19-5-3-4-16(12-19)22(26)30-18-9-6-15(7-10-18)20-14-24-13-17(25(27)28)8-11-21(24)23-20/h3-14H,2H2,1H3. The number of fused-ring (bicyclic) bond motifs is 1. The molecule has 4 rings (SSSR count). The Morgan fingerprint density at radius 2 is 1.87 bits per heavy atom. The summed E-state index contributed by atoms with van der Waals surface area (Å²) in [5.41, 5.74) is 2.42. The van der Waals surface area contributed by atoms with Gasteiger partial charge >= 0.3 is 5.97 Å². The summed E-state index contributed by atoms with van der Waals surface area (Å²) in [6, 6.07) is 16.7. The number of esters is 1. The molecule has 2 heterocycles. The molecule has 0 saturated heterocycles. The maximum absolute atomic E-state index is 12.4. The first-order chi connectivity index (χ1) is 14.5. The van der Waals surface area contributed by atoms with E-state index in [4.69, 9.17) is 9.47 Å². The first-order valence-electron chi connectivity index (χ1n) is 9.22. The molecule has 8 heteroatoms. The van der Waals surface area contributed by atoms with Crippen LogP contribution in [0.5, 0.6) is 11.5 Å². The van der Waals surface area contributed by atoms with Crippen LogP contribution in [0.2, 0.25) is 0 Å². The number of benzene rings is 2. The first-order valence-corrected chi connectivity index (χ1v) is 9.22. The van der Waals surface area contributed by atoms with E-state index >= 15 is 0 Å². The molecule has 4 aromatic rings. The summed E-state index contributed by atoms with van der Waals surface area (Å²) in [5.74, 6) is 0.517. The Morgan fingerprint density at radius 3 is 2.60 bits per heavy atom. The fraction of sp³-hybridized carbons (Fsp3) is 0.0909. The Hall–Kier alpha value is -4.20. The summed E-state index contributed by atoms with van der Waals surface area (Å²) in [7, 11) is 0. The Labute approximate surface area is 171 Å². The molecule has 2 aromatic carbocycles. The summed E-state index contributed by atoms with van der Waals surface area (Å²) in [6.07, 6.45) is 3.13. The lowest BCUT2D eigenvalue weighted by Crippen LogP contribution is -2.08. The van der Waals surface area contributed by atoms with Gasteiger partial charge in [-0.3, -0.25) is 14.5 Å². The summed E-state index contributed by atoms with van der Waals surface area (Å²) in [4.78, 5) is 27.3. The van der Waals surface area contributed by atoms with Gasteiger partial charge in [0.15, 0.2) is 0 Å². The highest BCUT2D eigenvalue weighted by Gasteiger charge is 2.12. The van der Waals surface area contributed by atoms with E-state index in [0.717, 1.165) is 5.56 Å². The summed E-state index contributed by atoms with van der Waals surface area (Å²) < 4.78 is 12.4. The largest absolute Gasteiger partial charge is 0.494 e. The molecule has 0 amide bonds. The number of carbonyl (C=O) groups excluding carboxylic acids is 1. The molecule has 0 N–H and O–H groups in total. The van der Waals surface area contributed by atoms with E-state index in [1.165, 1.54) is 12.3 Å². The van der Waals surface area contributed by atoms with Gasteiger partial charge in [0, 0.05) is 17.8 Å². The molecule has 8 nitrogen and oxygen atoms in total. The molecule has 2 aromatic heterocycles. The first kappa shape index (κ1) is 19.1. The second kappa shape index (κ2) is 8.04. The van der Waals surface area contributed by atoms with Gasteiger partial charge in [0.05, 0.1) is 29.0 Å². The van der Waals surface area contributed by atoms with Crippen molar-refractivity contribution in [1.29, 1.82) is 0 Å². The summed E-state index contributed by atoms with van der Waals surface area (Å²) >= 11 is 0. The average Bonchev–Trinajstić information content (AvgIpc) is 3.18. The fourth-order valence-electron chi connectivity index (χ4n) is 2.97. The third kappa shape index (κ3) is 3.97. The number of carbonyl (C=O) groups is 1. The van der Waals surface area contributed by atoms with E-state index in [1.807, 2.05) is 6.92 Å². The number of nitrogens with zero attached hydrogens (tertiary/aromatic N) is 3. The number of hydrogen-bond acceptors (Lipinski definition) is 6. The van der Waals surface area contributed by atoms with Crippen molar-refractivity contribution >= 4 is 17.3 Å². The van der Waals surface area contributed by atoms with Crippen LogP contribution < -0.4 is 9.47 Å². The van der Waals surface area contributed by atoms with Crippen LogP contribution in [0, 0.1) is 10.1 Å². The number of hydrogen-bond donors (Lipinski definition) is 0. The maximum atomic E-state index is 12.4. The van der Waals surface area contributed by atoms with Gasteiger partial charge in [-0.15, -0.1) is 0 Å². The number of ether oxygens (including phenoxy) is 2. The Kier molecular flexibility index (Phi) is 5.13. The van der Waals surface area contributed by atoms with Crippen LogP contribution >= 0.6 is 0 Å². The minimum Gasteiger partial charge on any atom is -0.494 e. The van der Waals surface area contributed by atoms with Crippen molar-refractivity contribution in [1.82, 2.24) is 9.38 Å². The smallest absolute Gasteiger partial charge is 0.343 e. The van der Waals surface area contributed by atoms with E-state index < -0.39 is 10.9 Å². The van der Waals surface area contributed by atoms with Gasteiger partial charge in [-0.05, 0) is 55.5 Å². The zero-order chi connectivity index (χ0) is 21.1. The molecular weight excluding hydrogens is 386 g/mol. The Morgan fingerprint density at radius 1 is 1.07 bits per heavy atom. The molecule has 0 fully saturated rings. The molecule has 0 spiro atoms. The minimum atomic E-state index is -0.482. The molecule has 0 bridgehead atoms. The van der Waals surface area contributed by atoms with Gasteiger partial charge in [-0.25, -0.2) is 9.78 Å². The maximum Gasteiger partial charge on any atom is 0.343 e. The normalized spacial score (nSPS) is 10.7. The minimum absolute atomic E-state index is 0.0119. The number of imidazole rings is 1. The molecule has 0 unspecified atom stereocenters. The van der Waals surface area contributed by atoms with Gasteiger partial charge in [0.25, 0.3) is 5.69 Å². The third-order valence-corrected chi connectivity index (χ3v) is 4.39. The van der Waals surface area contributed by atoms with Crippen molar-refractivity contribution in [2.24, 2.45) is 0 Å². The monoisotopic (exact) mass is 403 g/mol. The Balaban J connectivity index is 1.51. The Bertz CT molecular complexity index is 1230. The van der Waals surface area contributed by atoms with Crippen molar-refractivity contribution in [3.8, 4) is 22.8 Å². The van der Waals surface area contributed by atoms with Crippen molar-refractivity contribution < 1.29 is 19.2 Å². The number of pyridine rings is 1. The number of nitro groups is 1. The van der Waals surface area contributed by atoms with E-state index in [2.05, 4.69) is 4.98 Å². The lowest BCUT2D eigenvalue weighted by Gasteiger charge is -2.07. The summed E-state index contributed by atoms with van der Waals surface area (Å²) in [6.45, 7) is 2.38. The molecule has 0 radical (unpaired) electrons. The zero-order valence-corrected chi connectivity index (χ0v) is 16.0. The highest BCUT2D eigenvalue weighted by molar-refractivity contribution is 5.91. The second-order valence-electron chi connectivity index (χ2n) is 6.41. The molecule has 0 aliphatic heterocycles. The van der Waals surface area contributed by atoms with E-state index in [1.54, 1.807) is 65.2 Å². The predicted molar refractivity (Wildman–Crippen MR) is 110 cm³/mol. The molecule has 30 heavy (non-hydrogen) atoms. The van der Waals surface area contributed by atoms with E-state index in [9.17, 15) is 14.9 Å². The second-order valence-corrected chi connectivity index (χ2v) is 6.41. The van der Waals surface area contributed by atoms with E-state index in [-0.39, 0.29) is 5.69 Å². The highest BCUT2D eigenvalue weighted by atomic mass is 16.6. The molecule has 150 valence electrons. The van der Waals surface area contributed by atoms with Crippen LogP contribution in [-0.4, -0.2) is 26.9 Å². The van der Waals surface area contributed by atoms with E-state index in [0.29, 0.717) is 35.0 Å². The van der Waals surface area contributed by atoms with Gasteiger partial charge in [-0.2, -0.15) is 0 Å². The lowest BCUT2D eigenvalue weighted by atomic mass is 10.1. The number of aromatic nitrogens is 2. The van der Waals surface area contributed by atoms with Gasteiger partial charge in [0.2, 0.25) is 0 Å². The SMILES string of the molecule is CCOc1cccc(C(=O)Oc2ccc(-c3cn4cc([N+](=O)[O-])ccc4n3)cc2)c1. The van der Waals surface area contributed by atoms with Gasteiger partial charge in [0.1, 0.15) is 17.1 Å². The molecule has 0 aliphatic rings. The fourth-order valence-corrected chi connectivity index (χ4v) is 2.97. The topological polar surface area (TPSA) is 96.0 Å². The van der Waals surface area contributed by atoms with Crippen LogP contribution in [0.1, 0.15) is 17.3 Å². The highest BCUT2D eigenvalue weighted by Crippen LogP contribution is 2.24. The van der Waals surface area contributed by atoms with Crippen LogP contribution in [0.3, 0.4) is 0 Å². The zero-order valence-electron chi connectivity index (χ0n) is 16.0. The number of rotatable bonds is 6. The molecular formula is C22H17N3O5. The van der Waals surface area contributed by atoms with Crippen LogP contribution in [-0.2, 0) is 0 Å². The van der Waals surface area contributed by atoms with Crippen molar-refractivity contribution in [2.75, 3.05) is 6.61 Å². The molecule has 0 saturated carbocycles. The molecule has 0 aliphatic carbocycles.